The number of carbonyl (C=O) groups is 3. The lowest BCUT2D eigenvalue weighted by molar-refractivity contribution is -0.154. The smallest absolute Gasteiger partial charge is 0.408 e. The molecule has 1 saturated heterocycles. The Morgan fingerprint density at radius 2 is 1.42 bits per heavy atom. The van der Waals surface area contributed by atoms with Gasteiger partial charge >= 0.3 is 12.1 Å². The van der Waals surface area contributed by atoms with Crippen molar-refractivity contribution in [2.45, 2.75) is 117 Å². The maximum Gasteiger partial charge on any atom is 0.408 e. The first-order chi connectivity index (χ1) is 16.8. The molecule has 1 aliphatic heterocycles. The van der Waals surface area contributed by atoms with Gasteiger partial charge in [-0.1, -0.05) is 30.7 Å². The molecule has 0 saturated carbocycles. The minimum atomic E-state index is -0.656. The van der Waals surface area contributed by atoms with Crippen molar-refractivity contribution in [3.8, 4) is 0 Å². The van der Waals surface area contributed by atoms with Crippen molar-refractivity contribution in [1.82, 2.24) is 10.2 Å². The number of nitrogens with zero attached hydrogens (tertiary/aromatic N) is 1. The zero-order chi connectivity index (χ0) is 26.8. The molecule has 0 radical (unpaired) electrons. The van der Waals surface area contributed by atoms with E-state index in [1.165, 1.54) is 5.56 Å². The largest absolute Gasteiger partial charge is 0.460 e. The molecule has 7 heteroatoms. The average molecular weight is 503 g/mol. The Morgan fingerprint density at radius 1 is 0.833 bits per heavy atom. The Labute approximate surface area is 217 Å². The average Bonchev–Trinajstić information content (AvgIpc) is 2.77. The van der Waals surface area contributed by atoms with Crippen molar-refractivity contribution >= 4 is 18.0 Å². The highest BCUT2D eigenvalue weighted by molar-refractivity contribution is 5.86. The van der Waals surface area contributed by atoms with E-state index in [1.54, 1.807) is 0 Å². The standard InChI is InChI=1S/C29H46N2O5/c1-28(2,3)35-25(32)14-10-7-9-13-22-15-17-23(18-16-22)21-24(30-27(34)36-29(4,5)6)26(33)31-19-11-8-12-20-31/h15-18,24H,7-14,19-21H2,1-6H3,(H,30,34)/t24-/m0/s1. The molecular formula is C29H46N2O5. The van der Waals surface area contributed by atoms with Crippen LogP contribution in [-0.2, 0) is 31.9 Å². The number of nitrogens with one attached hydrogen (secondary N) is 1. The lowest BCUT2D eigenvalue weighted by atomic mass is 10.00. The van der Waals surface area contributed by atoms with Crippen molar-refractivity contribution in [2.24, 2.45) is 0 Å². The first-order valence-electron chi connectivity index (χ1n) is 13.4. The highest BCUT2D eigenvalue weighted by atomic mass is 16.6. The van der Waals surface area contributed by atoms with Crippen LogP contribution in [0.1, 0.15) is 97.6 Å². The number of hydrogen-bond acceptors (Lipinski definition) is 5. The van der Waals surface area contributed by atoms with E-state index in [2.05, 4.69) is 17.4 Å². The third-order valence-corrected chi connectivity index (χ3v) is 5.89. The highest BCUT2D eigenvalue weighted by Crippen LogP contribution is 2.16. The minimum Gasteiger partial charge on any atom is -0.460 e. The summed E-state index contributed by atoms with van der Waals surface area (Å²) in [5.41, 5.74) is 1.15. The van der Waals surface area contributed by atoms with Crippen LogP contribution in [-0.4, -0.2) is 53.2 Å². The molecule has 1 aromatic rings. The van der Waals surface area contributed by atoms with Crippen molar-refractivity contribution in [2.75, 3.05) is 13.1 Å². The Bertz CT molecular complexity index is 846. The van der Waals surface area contributed by atoms with Crippen LogP contribution in [0.5, 0.6) is 0 Å². The molecule has 0 aromatic heterocycles. The van der Waals surface area contributed by atoms with Gasteiger partial charge in [0.05, 0.1) is 0 Å². The van der Waals surface area contributed by atoms with Crippen LogP contribution in [0.15, 0.2) is 24.3 Å². The van der Waals surface area contributed by atoms with Gasteiger partial charge in [-0.25, -0.2) is 4.79 Å². The monoisotopic (exact) mass is 502 g/mol. The molecule has 1 aliphatic rings. The van der Waals surface area contributed by atoms with Crippen LogP contribution in [0.4, 0.5) is 4.79 Å². The fraction of sp³-hybridized carbons (Fsp3) is 0.690. The van der Waals surface area contributed by atoms with Crippen LogP contribution in [0.25, 0.3) is 0 Å². The van der Waals surface area contributed by atoms with Crippen LogP contribution in [0, 0.1) is 0 Å². The summed E-state index contributed by atoms with van der Waals surface area (Å²) in [6.07, 6.45) is 7.15. The number of likely N-dealkylation sites (tertiary alicyclic amines) is 1. The van der Waals surface area contributed by atoms with Crippen LogP contribution < -0.4 is 5.32 Å². The molecule has 2 amide bonds. The van der Waals surface area contributed by atoms with E-state index in [9.17, 15) is 14.4 Å². The van der Waals surface area contributed by atoms with E-state index in [1.807, 2.05) is 58.6 Å². The van der Waals surface area contributed by atoms with Crippen LogP contribution in [0.3, 0.4) is 0 Å². The summed E-state index contributed by atoms with van der Waals surface area (Å²) in [6, 6.07) is 7.57. The van der Waals surface area contributed by atoms with Crippen LogP contribution >= 0.6 is 0 Å². The Kier molecular flexibility index (Phi) is 11.3. The number of unbranched alkanes of at least 4 members (excludes halogenated alkanes) is 2. The number of piperidine rings is 1. The van der Waals surface area contributed by atoms with E-state index >= 15 is 0 Å². The SMILES string of the molecule is CC(C)(C)OC(=O)CCCCCc1ccc(C[C@H](NC(=O)OC(C)(C)C)C(=O)N2CCCCC2)cc1. The summed E-state index contributed by atoms with van der Waals surface area (Å²) in [6.45, 7) is 12.5. The summed E-state index contributed by atoms with van der Waals surface area (Å²) in [4.78, 5) is 39.3. The minimum absolute atomic E-state index is 0.0466. The fourth-order valence-corrected chi connectivity index (χ4v) is 4.23. The van der Waals surface area contributed by atoms with E-state index < -0.39 is 23.3 Å². The predicted octanol–water partition coefficient (Wildman–Crippen LogP) is 5.58. The van der Waals surface area contributed by atoms with Crippen molar-refractivity contribution in [3.05, 3.63) is 35.4 Å². The Balaban J connectivity index is 1.88. The zero-order valence-corrected chi connectivity index (χ0v) is 23.2. The molecule has 1 atom stereocenters. The van der Waals surface area contributed by atoms with Gasteiger partial charge in [-0.2, -0.15) is 0 Å². The topological polar surface area (TPSA) is 84.9 Å². The molecule has 0 aliphatic carbocycles. The molecule has 0 unspecified atom stereocenters. The number of amides is 2. The second-order valence-corrected chi connectivity index (χ2v) is 11.8. The number of hydrogen-bond donors (Lipinski definition) is 1. The molecule has 202 valence electrons. The Hall–Kier alpha value is -2.57. The van der Waals surface area contributed by atoms with Gasteiger partial charge in [-0.3, -0.25) is 9.59 Å². The van der Waals surface area contributed by atoms with Crippen molar-refractivity contribution < 1.29 is 23.9 Å². The zero-order valence-electron chi connectivity index (χ0n) is 23.2. The number of ether oxygens (including phenoxy) is 2. The molecule has 1 heterocycles. The maximum absolute atomic E-state index is 13.2. The third kappa shape index (κ3) is 11.9. The molecule has 0 spiro atoms. The molecule has 2 rings (SSSR count). The summed E-state index contributed by atoms with van der Waals surface area (Å²) in [7, 11) is 0. The Morgan fingerprint density at radius 3 is 2.00 bits per heavy atom. The normalized spacial score (nSPS) is 15.2. The van der Waals surface area contributed by atoms with Gasteiger partial charge in [0.15, 0.2) is 0 Å². The van der Waals surface area contributed by atoms with Gasteiger partial charge in [0.2, 0.25) is 5.91 Å². The summed E-state index contributed by atoms with van der Waals surface area (Å²) < 4.78 is 10.8. The van der Waals surface area contributed by atoms with E-state index in [-0.39, 0.29) is 11.9 Å². The molecular weight excluding hydrogens is 456 g/mol. The first-order valence-corrected chi connectivity index (χ1v) is 13.4. The lowest BCUT2D eigenvalue weighted by Gasteiger charge is -2.31. The summed E-state index contributed by atoms with van der Waals surface area (Å²) in [5.74, 6) is -0.185. The number of carbonyl (C=O) groups excluding carboxylic acids is 3. The van der Waals surface area contributed by atoms with Gasteiger partial charge in [-0.15, -0.1) is 0 Å². The van der Waals surface area contributed by atoms with Gasteiger partial charge < -0.3 is 19.7 Å². The number of esters is 1. The second kappa shape index (κ2) is 13.7. The molecule has 7 nitrogen and oxygen atoms in total. The van der Waals surface area contributed by atoms with Gasteiger partial charge in [0.25, 0.3) is 0 Å². The molecule has 36 heavy (non-hydrogen) atoms. The fourth-order valence-electron chi connectivity index (χ4n) is 4.23. The van der Waals surface area contributed by atoms with Gasteiger partial charge in [0.1, 0.15) is 17.2 Å². The molecule has 0 bridgehead atoms. The van der Waals surface area contributed by atoms with E-state index in [4.69, 9.17) is 9.47 Å². The lowest BCUT2D eigenvalue weighted by Crippen LogP contribution is -2.51. The molecule has 1 fully saturated rings. The van der Waals surface area contributed by atoms with E-state index in [0.717, 1.165) is 63.6 Å². The summed E-state index contributed by atoms with van der Waals surface area (Å²) in [5, 5.41) is 2.82. The quantitative estimate of drug-likeness (QED) is 0.333. The maximum atomic E-state index is 13.2. The second-order valence-electron chi connectivity index (χ2n) is 11.8. The summed E-state index contributed by atoms with van der Waals surface area (Å²) >= 11 is 0. The first kappa shape index (κ1) is 29.7. The molecule has 1 aromatic carbocycles. The van der Waals surface area contributed by atoms with E-state index in [0.29, 0.717) is 12.8 Å². The number of alkyl carbamates (subject to hydrolysis) is 1. The van der Waals surface area contributed by atoms with Gasteiger partial charge in [-0.05, 0) is 91.2 Å². The van der Waals surface area contributed by atoms with Crippen molar-refractivity contribution in [1.29, 1.82) is 0 Å². The van der Waals surface area contributed by atoms with Crippen LogP contribution in [0.2, 0.25) is 0 Å². The van der Waals surface area contributed by atoms with Crippen molar-refractivity contribution in [3.63, 3.8) is 0 Å². The number of aryl methyl sites for hydroxylation is 1. The molecule has 1 N–H and O–H groups in total. The third-order valence-electron chi connectivity index (χ3n) is 5.89. The highest BCUT2D eigenvalue weighted by Gasteiger charge is 2.29. The predicted molar refractivity (Wildman–Crippen MR) is 142 cm³/mol. The van der Waals surface area contributed by atoms with Gasteiger partial charge in [0, 0.05) is 25.9 Å². The number of benzene rings is 1. The number of rotatable bonds is 10.